The number of carboxylic acids is 1. The Morgan fingerprint density at radius 3 is 2.36 bits per heavy atom. The maximum absolute atomic E-state index is 12.0. The van der Waals surface area contributed by atoms with Gasteiger partial charge >= 0.3 is 12.1 Å². The molecule has 0 aliphatic rings. The fourth-order valence-corrected chi connectivity index (χ4v) is 2.46. The Labute approximate surface area is 146 Å². The van der Waals surface area contributed by atoms with E-state index in [1.54, 1.807) is 33.9 Å². The van der Waals surface area contributed by atoms with Crippen molar-refractivity contribution in [3.63, 3.8) is 0 Å². The molecule has 0 saturated carbocycles. The van der Waals surface area contributed by atoms with Gasteiger partial charge in [-0.15, -0.1) is 0 Å². The summed E-state index contributed by atoms with van der Waals surface area (Å²) >= 11 is 0. The van der Waals surface area contributed by atoms with Gasteiger partial charge < -0.3 is 19.9 Å². The predicted octanol–water partition coefficient (Wildman–Crippen LogP) is 3.89. The normalized spacial score (nSPS) is 12.5. The Morgan fingerprint density at radius 1 is 1.12 bits per heavy atom. The Bertz CT molecular complexity index is 779. The first kappa shape index (κ1) is 18.6. The minimum absolute atomic E-state index is 0.235. The molecule has 6 nitrogen and oxygen atoms in total. The molecule has 0 bridgehead atoms. The van der Waals surface area contributed by atoms with Gasteiger partial charge in [-0.05, 0) is 55.3 Å². The van der Waals surface area contributed by atoms with E-state index < -0.39 is 23.7 Å². The number of hydrogen-bond donors (Lipinski definition) is 2. The van der Waals surface area contributed by atoms with E-state index in [2.05, 4.69) is 5.32 Å². The van der Waals surface area contributed by atoms with Crippen LogP contribution in [0, 0.1) is 0 Å². The monoisotopic (exact) mass is 345 g/mol. The van der Waals surface area contributed by atoms with Crippen molar-refractivity contribution in [2.45, 2.75) is 38.8 Å². The molecular formula is C19H23NO5. The molecule has 0 aromatic heterocycles. The van der Waals surface area contributed by atoms with Crippen LogP contribution in [-0.2, 0) is 9.53 Å². The maximum Gasteiger partial charge on any atom is 0.408 e. The van der Waals surface area contributed by atoms with E-state index in [0.29, 0.717) is 5.56 Å². The second-order valence-electron chi connectivity index (χ2n) is 6.77. The quantitative estimate of drug-likeness (QED) is 0.859. The van der Waals surface area contributed by atoms with Gasteiger partial charge in [0.1, 0.15) is 11.4 Å². The molecule has 0 heterocycles. The Morgan fingerprint density at radius 2 is 1.76 bits per heavy atom. The topological polar surface area (TPSA) is 84.9 Å². The van der Waals surface area contributed by atoms with Crippen molar-refractivity contribution in [1.82, 2.24) is 5.32 Å². The molecule has 2 aromatic rings. The van der Waals surface area contributed by atoms with Crippen LogP contribution < -0.4 is 10.1 Å². The number of carbonyl (C=O) groups is 2. The number of fused-ring (bicyclic) bond motifs is 1. The highest BCUT2D eigenvalue weighted by molar-refractivity contribution is 5.85. The van der Waals surface area contributed by atoms with Crippen molar-refractivity contribution >= 4 is 22.8 Å². The number of rotatable bonds is 5. The van der Waals surface area contributed by atoms with Gasteiger partial charge in [-0.2, -0.15) is 0 Å². The average molecular weight is 345 g/mol. The van der Waals surface area contributed by atoms with Gasteiger partial charge in [0.05, 0.1) is 19.6 Å². The van der Waals surface area contributed by atoms with Gasteiger partial charge in [-0.3, -0.25) is 4.79 Å². The summed E-state index contributed by atoms with van der Waals surface area (Å²) in [6, 6.07) is 10.5. The van der Waals surface area contributed by atoms with Crippen molar-refractivity contribution < 1.29 is 24.2 Å². The lowest BCUT2D eigenvalue weighted by atomic mass is 9.99. The van der Waals surface area contributed by atoms with E-state index in [-0.39, 0.29) is 6.42 Å². The Balaban J connectivity index is 2.29. The van der Waals surface area contributed by atoms with Crippen LogP contribution in [-0.4, -0.2) is 29.9 Å². The summed E-state index contributed by atoms with van der Waals surface area (Å²) in [7, 11) is 1.60. The third-order valence-electron chi connectivity index (χ3n) is 3.54. The molecule has 2 aromatic carbocycles. The molecule has 0 saturated heterocycles. The van der Waals surface area contributed by atoms with E-state index >= 15 is 0 Å². The van der Waals surface area contributed by atoms with Gasteiger partial charge in [0.25, 0.3) is 0 Å². The molecule has 6 heteroatoms. The lowest BCUT2D eigenvalue weighted by Crippen LogP contribution is -2.35. The predicted molar refractivity (Wildman–Crippen MR) is 94.9 cm³/mol. The number of alkyl carbamates (subject to hydrolysis) is 1. The fourth-order valence-electron chi connectivity index (χ4n) is 2.46. The van der Waals surface area contributed by atoms with E-state index in [4.69, 9.17) is 14.6 Å². The third kappa shape index (κ3) is 5.38. The van der Waals surface area contributed by atoms with Crippen molar-refractivity contribution in [3.8, 4) is 5.75 Å². The maximum atomic E-state index is 12.0. The van der Waals surface area contributed by atoms with E-state index in [9.17, 15) is 9.59 Å². The zero-order valence-electron chi connectivity index (χ0n) is 14.8. The average Bonchev–Trinajstić information content (AvgIpc) is 2.51. The number of methoxy groups -OCH3 is 1. The molecule has 25 heavy (non-hydrogen) atoms. The summed E-state index contributed by atoms with van der Waals surface area (Å²) in [4.78, 5) is 23.2. The molecule has 0 aliphatic carbocycles. The van der Waals surface area contributed by atoms with Crippen LogP contribution in [0.15, 0.2) is 36.4 Å². The number of nitrogens with one attached hydrogen (secondary N) is 1. The minimum Gasteiger partial charge on any atom is -0.497 e. The lowest BCUT2D eigenvalue weighted by Gasteiger charge is -2.23. The summed E-state index contributed by atoms with van der Waals surface area (Å²) in [6.07, 6.45) is -0.880. The van der Waals surface area contributed by atoms with Gasteiger partial charge in [0, 0.05) is 0 Å². The molecule has 1 amide bonds. The first-order chi connectivity index (χ1) is 11.7. The van der Waals surface area contributed by atoms with Gasteiger partial charge in [-0.25, -0.2) is 4.79 Å². The molecule has 0 radical (unpaired) electrons. The highest BCUT2D eigenvalue weighted by Crippen LogP contribution is 2.26. The second-order valence-corrected chi connectivity index (χ2v) is 6.77. The van der Waals surface area contributed by atoms with Crippen LogP contribution in [0.3, 0.4) is 0 Å². The van der Waals surface area contributed by atoms with Crippen LogP contribution in [0.25, 0.3) is 10.8 Å². The highest BCUT2D eigenvalue weighted by atomic mass is 16.6. The Hall–Kier alpha value is -2.76. The first-order valence-corrected chi connectivity index (χ1v) is 7.97. The first-order valence-electron chi connectivity index (χ1n) is 7.97. The van der Waals surface area contributed by atoms with Crippen molar-refractivity contribution in [2.75, 3.05) is 7.11 Å². The molecular weight excluding hydrogens is 322 g/mol. The number of carboxylic acid groups (broad SMARTS) is 1. The fraction of sp³-hybridized carbons (Fsp3) is 0.368. The van der Waals surface area contributed by atoms with Gasteiger partial charge in [0.15, 0.2) is 0 Å². The minimum atomic E-state index is -1.00. The highest BCUT2D eigenvalue weighted by Gasteiger charge is 2.22. The van der Waals surface area contributed by atoms with Crippen LogP contribution >= 0.6 is 0 Å². The molecule has 2 N–H and O–H groups in total. The summed E-state index contributed by atoms with van der Waals surface area (Å²) in [5.41, 5.74) is 0.0450. The standard InChI is InChI=1S/C19H23NO5/c1-19(2,3)25-18(23)20-16(11-17(21)22)14-6-5-13-10-15(24-4)8-7-12(13)9-14/h5-10,16H,11H2,1-4H3,(H,20,23)(H,21,22)/t16-/m1/s1. The zero-order chi connectivity index (χ0) is 18.6. The number of hydrogen-bond acceptors (Lipinski definition) is 4. The zero-order valence-corrected chi connectivity index (χ0v) is 14.8. The van der Waals surface area contributed by atoms with Crippen LogP contribution in [0.5, 0.6) is 5.75 Å². The van der Waals surface area contributed by atoms with Gasteiger partial charge in [-0.1, -0.05) is 18.2 Å². The van der Waals surface area contributed by atoms with E-state index in [0.717, 1.165) is 16.5 Å². The summed E-state index contributed by atoms with van der Waals surface area (Å²) in [6.45, 7) is 5.26. The Kier molecular flexibility index (Phi) is 5.51. The number of benzene rings is 2. The number of aliphatic carboxylic acids is 1. The SMILES string of the molecule is COc1ccc2cc([C@@H](CC(=O)O)NC(=O)OC(C)(C)C)ccc2c1. The van der Waals surface area contributed by atoms with Crippen molar-refractivity contribution in [3.05, 3.63) is 42.0 Å². The third-order valence-corrected chi connectivity index (χ3v) is 3.54. The smallest absolute Gasteiger partial charge is 0.408 e. The lowest BCUT2D eigenvalue weighted by molar-refractivity contribution is -0.137. The summed E-state index contributed by atoms with van der Waals surface area (Å²) in [5.74, 6) is -0.259. The van der Waals surface area contributed by atoms with Crippen molar-refractivity contribution in [1.29, 1.82) is 0 Å². The summed E-state index contributed by atoms with van der Waals surface area (Å²) in [5, 5.41) is 13.7. The van der Waals surface area contributed by atoms with E-state index in [1.807, 2.05) is 30.3 Å². The molecule has 134 valence electrons. The van der Waals surface area contributed by atoms with Crippen LogP contribution in [0.1, 0.15) is 38.8 Å². The number of ether oxygens (including phenoxy) is 2. The molecule has 0 spiro atoms. The molecule has 0 unspecified atom stereocenters. The second kappa shape index (κ2) is 7.42. The number of amides is 1. The molecule has 1 atom stereocenters. The largest absolute Gasteiger partial charge is 0.497 e. The van der Waals surface area contributed by atoms with Crippen LogP contribution in [0.4, 0.5) is 4.79 Å². The van der Waals surface area contributed by atoms with Crippen LogP contribution in [0.2, 0.25) is 0 Å². The van der Waals surface area contributed by atoms with Crippen molar-refractivity contribution in [2.24, 2.45) is 0 Å². The molecule has 2 rings (SSSR count). The van der Waals surface area contributed by atoms with E-state index in [1.165, 1.54) is 0 Å². The van der Waals surface area contributed by atoms with Gasteiger partial charge in [0.2, 0.25) is 0 Å². The molecule has 0 aliphatic heterocycles. The molecule has 0 fully saturated rings. The summed E-state index contributed by atoms with van der Waals surface area (Å²) < 4.78 is 10.4. The number of carbonyl (C=O) groups excluding carboxylic acids is 1.